The first kappa shape index (κ1) is 26.0. The number of nitrogens with zero attached hydrogens (tertiary/aromatic N) is 2. The van der Waals surface area contributed by atoms with Crippen molar-refractivity contribution in [2.75, 3.05) is 7.11 Å². The van der Waals surface area contributed by atoms with Gasteiger partial charge in [0.25, 0.3) is 5.91 Å². The third kappa shape index (κ3) is 5.94. The molecule has 1 amide bonds. The van der Waals surface area contributed by atoms with Gasteiger partial charge >= 0.3 is 0 Å². The number of carbonyl (C=O) groups is 1. The van der Waals surface area contributed by atoms with E-state index in [4.69, 9.17) is 14.5 Å². The summed E-state index contributed by atoms with van der Waals surface area (Å²) in [6.07, 6.45) is 6.31. The Morgan fingerprint density at radius 1 is 1.03 bits per heavy atom. The molecule has 38 heavy (non-hydrogen) atoms. The molecule has 2 atom stereocenters. The van der Waals surface area contributed by atoms with Crippen LogP contribution in [0.3, 0.4) is 0 Å². The van der Waals surface area contributed by atoms with Gasteiger partial charge in [0.05, 0.1) is 17.7 Å². The molecule has 0 N–H and O–H groups in total. The predicted octanol–water partition coefficient (Wildman–Crippen LogP) is 7.60. The van der Waals surface area contributed by atoms with Crippen molar-refractivity contribution in [2.45, 2.75) is 45.3 Å². The van der Waals surface area contributed by atoms with Gasteiger partial charge in [0.15, 0.2) is 16.7 Å². The van der Waals surface area contributed by atoms with Gasteiger partial charge in [0.1, 0.15) is 12.4 Å². The molecule has 0 radical (unpaired) electrons. The van der Waals surface area contributed by atoms with Crippen molar-refractivity contribution < 1.29 is 18.7 Å². The Labute approximate surface area is 227 Å². The Bertz CT molecular complexity index is 1360. The molecule has 1 aliphatic heterocycles. The molecule has 7 heteroatoms. The van der Waals surface area contributed by atoms with Crippen molar-refractivity contribution in [3.8, 4) is 11.5 Å². The van der Waals surface area contributed by atoms with Crippen LogP contribution in [0.2, 0.25) is 0 Å². The number of benzene rings is 3. The quantitative estimate of drug-likeness (QED) is 0.295. The molecule has 1 saturated heterocycles. The Morgan fingerprint density at radius 2 is 1.84 bits per heavy atom. The first-order valence-electron chi connectivity index (χ1n) is 12.9. The molecule has 3 aromatic rings. The van der Waals surface area contributed by atoms with Gasteiger partial charge in [-0.15, -0.1) is 0 Å². The van der Waals surface area contributed by atoms with Gasteiger partial charge in [-0.3, -0.25) is 9.69 Å². The summed E-state index contributed by atoms with van der Waals surface area (Å²) in [4.78, 5) is 21.2. The average molecular weight is 531 g/mol. The standard InChI is InChI=1S/C31H31FN2O3S/c1-21-9-6-7-14-26(21)34-30(35)29(38-31(34)33-25-12-4-3-5-13-25)19-22-15-16-27(28(18-22)36-2)37-20-23-10-8-11-24(32)17-23/h3-5,8,10-13,15-19,21,26H,6-7,9,14,20H2,1-2H3/b29-19-,33-31?/t21-,26+/m1/s1. The summed E-state index contributed by atoms with van der Waals surface area (Å²) in [5, 5.41) is 0.730. The topological polar surface area (TPSA) is 51.1 Å². The maximum Gasteiger partial charge on any atom is 0.267 e. The van der Waals surface area contributed by atoms with Crippen LogP contribution in [0.1, 0.15) is 43.7 Å². The Hall–Kier alpha value is -3.58. The average Bonchev–Trinajstić information content (AvgIpc) is 3.22. The number of amides is 1. The number of methoxy groups -OCH3 is 1. The second-order valence-electron chi connectivity index (χ2n) is 9.67. The number of amidine groups is 1. The summed E-state index contributed by atoms with van der Waals surface area (Å²) in [6, 6.07) is 21.8. The van der Waals surface area contributed by atoms with Crippen molar-refractivity contribution in [3.63, 3.8) is 0 Å². The normalized spacial score (nSPS) is 21.8. The Balaban J connectivity index is 1.41. The molecule has 0 spiro atoms. The second kappa shape index (κ2) is 11.9. The highest BCUT2D eigenvalue weighted by molar-refractivity contribution is 8.18. The first-order valence-corrected chi connectivity index (χ1v) is 13.8. The number of thioether (sulfide) groups is 1. The smallest absolute Gasteiger partial charge is 0.267 e. The van der Waals surface area contributed by atoms with E-state index in [1.54, 1.807) is 13.2 Å². The summed E-state index contributed by atoms with van der Waals surface area (Å²) in [5.41, 5.74) is 2.39. The molecule has 0 aromatic heterocycles. The highest BCUT2D eigenvalue weighted by atomic mass is 32.2. The highest BCUT2D eigenvalue weighted by Crippen LogP contribution is 2.40. The van der Waals surface area contributed by atoms with Crippen molar-refractivity contribution in [2.24, 2.45) is 10.9 Å². The van der Waals surface area contributed by atoms with Gasteiger partial charge in [-0.2, -0.15) is 0 Å². The van der Waals surface area contributed by atoms with E-state index in [2.05, 4.69) is 6.92 Å². The maximum atomic E-state index is 13.7. The molecular formula is C31H31FN2O3S. The van der Waals surface area contributed by atoms with Gasteiger partial charge in [0, 0.05) is 6.04 Å². The minimum atomic E-state index is -0.300. The van der Waals surface area contributed by atoms with Gasteiger partial charge in [-0.25, -0.2) is 9.38 Å². The second-order valence-corrected chi connectivity index (χ2v) is 10.7. The minimum absolute atomic E-state index is 0.00571. The van der Waals surface area contributed by atoms with Crippen LogP contribution in [0.5, 0.6) is 11.5 Å². The van der Waals surface area contributed by atoms with E-state index in [1.165, 1.54) is 30.3 Å². The lowest BCUT2D eigenvalue weighted by atomic mass is 9.85. The van der Waals surface area contributed by atoms with E-state index in [0.717, 1.165) is 41.2 Å². The zero-order valence-corrected chi connectivity index (χ0v) is 22.4. The third-order valence-corrected chi connectivity index (χ3v) is 7.97. The lowest BCUT2D eigenvalue weighted by molar-refractivity contribution is -0.124. The molecular weight excluding hydrogens is 499 g/mol. The monoisotopic (exact) mass is 530 g/mol. The van der Waals surface area contributed by atoms with Gasteiger partial charge in [-0.05, 0) is 84.1 Å². The fraction of sp³-hybridized carbons (Fsp3) is 0.290. The summed E-state index contributed by atoms with van der Waals surface area (Å²) < 4.78 is 25.0. The molecule has 196 valence electrons. The predicted molar refractivity (Wildman–Crippen MR) is 151 cm³/mol. The van der Waals surface area contributed by atoms with Gasteiger partial charge in [-0.1, -0.05) is 56.2 Å². The molecule has 2 fully saturated rings. The number of rotatable bonds is 7. The number of hydrogen-bond donors (Lipinski definition) is 0. The van der Waals surface area contributed by atoms with E-state index >= 15 is 0 Å². The molecule has 0 unspecified atom stereocenters. The molecule has 5 rings (SSSR count). The fourth-order valence-electron chi connectivity index (χ4n) is 4.98. The number of carbonyl (C=O) groups excluding carboxylic acids is 1. The first-order chi connectivity index (χ1) is 18.5. The SMILES string of the molecule is COc1cc(/C=C2\SC(=Nc3ccccc3)N([C@H]3CCCC[C@H]3C)C2=O)ccc1OCc1cccc(F)c1. The molecule has 1 aliphatic carbocycles. The Morgan fingerprint density at radius 3 is 2.61 bits per heavy atom. The lowest BCUT2D eigenvalue weighted by Gasteiger charge is -2.35. The highest BCUT2D eigenvalue weighted by Gasteiger charge is 2.41. The van der Waals surface area contributed by atoms with Crippen molar-refractivity contribution >= 4 is 34.6 Å². The number of aliphatic imine (C=N–C) groups is 1. The van der Waals surface area contributed by atoms with Crippen LogP contribution in [0.25, 0.3) is 6.08 Å². The summed E-state index contributed by atoms with van der Waals surface area (Å²) in [6.45, 7) is 2.45. The van der Waals surface area contributed by atoms with Crippen LogP contribution in [0, 0.1) is 11.7 Å². The molecule has 2 aliphatic rings. The largest absolute Gasteiger partial charge is 0.493 e. The van der Waals surface area contributed by atoms with Crippen LogP contribution >= 0.6 is 11.8 Å². The molecule has 1 heterocycles. The van der Waals surface area contributed by atoms with Crippen molar-refractivity contribution in [1.29, 1.82) is 0 Å². The van der Waals surface area contributed by atoms with Gasteiger partial charge in [0.2, 0.25) is 0 Å². The summed E-state index contributed by atoms with van der Waals surface area (Å²) in [7, 11) is 1.58. The number of ether oxygens (including phenoxy) is 2. The van der Waals surface area contributed by atoms with E-state index in [-0.39, 0.29) is 24.4 Å². The Kier molecular flexibility index (Phi) is 8.13. The number of para-hydroxylation sites is 1. The van der Waals surface area contributed by atoms with Crippen molar-refractivity contribution in [3.05, 3.63) is 94.6 Å². The van der Waals surface area contributed by atoms with E-state index in [0.29, 0.717) is 22.3 Å². The number of halogens is 1. The number of hydrogen-bond acceptors (Lipinski definition) is 5. The van der Waals surface area contributed by atoms with Gasteiger partial charge < -0.3 is 9.47 Å². The summed E-state index contributed by atoms with van der Waals surface area (Å²) in [5.74, 6) is 1.21. The van der Waals surface area contributed by atoms with E-state index < -0.39 is 0 Å². The molecule has 1 saturated carbocycles. The van der Waals surface area contributed by atoms with Crippen LogP contribution in [-0.2, 0) is 11.4 Å². The van der Waals surface area contributed by atoms with Crippen LogP contribution in [0.4, 0.5) is 10.1 Å². The maximum absolute atomic E-state index is 13.7. The fourth-order valence-corrected chi connectivity index (χ4v) is 6.03. The van der Waals surface area contributed by atoms with E-state index in [1.807, 2.05) is 65.6 Å². The lowest BCUT2D eigenvalue weighted by Crippen LogP contribution is -2.44. The molecule has 3 aromatic carbocycles. The minimum Gasteiger partial charge on any atom is -0.493 e. The van der Waals surface area contributed by atoms with Crippen LogP contribution in [-0.4, -0.2) is 29.1 Å². The van der Waals surface area contributed by atoms with Crippen molar-refractivity contribution in [1.82, 2.24) is 4.90 Å². The van der Waals surface area contributed by atoms with E-state index in [9.17, 15) is 9.18 Å². The zero-order chi connectivity index (χ0) is 26.5. The summed E-state index contributed by atoms with van der Waals surface area (Å²) >= 11 is 1.42. The third-order valence-electron chi connectivity index (χ3n) is 6.98. The molecule has 5 nitrogen and oxygen atoms in total. The van der Waals surface area contributed by atoms with Crippen LogP contribution < -0.4 is 9.47 Å². The zero-order valence-electron chi connectivity index (χ0n) is 21.6. The molecule has 0 bridgehead atoms. The van der Waals surface area contributed by atoms with Crippen LogP contribution in [0.15, 0.2) is 82.7 Å².